The molecule has 0 amide bonds. The van der Waals surface area contributed by atoms with E-state index in [9.17, 15) is 4.79 Å². The monoisotopic (exact) mass is 229 g/mol. The predicted molar refractivity (Wildman–Crippen MR) is 67.6 cm³/mol. The molecule has 0 fully saturated rings. The van der Waals surface area contributed by atoms with Crippen molar-refractivity contribution in [2.45, 2.75) is 0 Å². The van der Waals surface area contributed by atoms with Gasteiger partial charge in [0.15, 0.2) is 0 Å². The Morgan fingerprint density at radius 1 is 1.41 bits per heavy atom. The van der Waals surface area contributed by atoms with E-state index in [0.29, 0.717) is 13.1 Å². The Hall–Kier alpha value is -2.05. The van der Waals surface area contributed by atoms with Gasteiger partial charge >= 0.3 is 5.97 Å². The summed E-state index contributed by atoms with van der Waals surface area (Å²) in [6.45, 7) is 4.52. The van der Waals surface area contributed by atoms with Crippen LogP contribution in [-0.4, -0.2) is 35.6 Å². The summed E-state index contributed by atoms with van der Waals surface area (Å²) in [5.41, 5.74) is 0.932. The molecule has 17 heavy (non-hydrogen) atoms. The summed E-state index contributed by atoms with van der Waals surface area (Å²) < 4.78 is 0. The molecule has 0 atom stereocenters. The Morgan fingerprint density at radius 2 is 2.12 bits per heavy atom. The summed E-state index contributed by atoms with van der Waals surface area (Å²) in [4.78, 5) is 12.3. The van der Waals surface area contributed by atoms with Gasteiger partial charge in [0.05, 0.1) is 13.1 Å². The number of carboxylic acids is 1. The molecule has 0 aromatic heterocycles. The van der Waals surface area contributed by atoms with Crippen molar-refractivity contribution >= 4 is 5.97 Å². The number of rotatable bonds is 5. The number of carboxylic acid groups (broad SMARTS) is 1. The average molecular weight is 229 g/mol. The maximum Gasteiger partial charge on any atom is 0.317 e. The molecule has 0 bridgehead atoms. The fourth-order valence-corrected chi connectivity index (χ4v) is 1.33. The van der Waals surface area contributed by atoms with Crippen LogP contribution in [0.1, 0.15) is 5.56 Å². The number of benzene rings is 1. The van der Waals surface area contributed by atoms with Crippen molar-refractivity contribution in [1.29, 1.82) is 0 Å². The number of aliphatic carboxylic acids is 1. The minimum absolute atomic E-state index is 0.0184. The molecule has 0 aliphatic rings. The number of carbonyl (C=O) groups is 1. The lowest BCUT2D eigenvalue weighted by molar-refractivity contribution is -0.138. The number of hydrogen-bond acceptors (Lipinski definition) is 2. The lowest BCUT2D eigenvalue weighted by Gasteiger charge is -2.13. The summed E-state index contributed by atoms with van der Waals surface area (Å²) in [5.74, 6) is 5.09. The third-order valence-electron chi connectivity index (χ3n) is 2.06. The lowest BCUT2D eigenvalue weighted by atomic mass is 10.2. The Bertz CT molecular complexity index is 429. The molecule has 0 radical (unpaired) electrons. The molecule has 1 aromatic carbocycles. The molecular weight excluding hydrogens is 214 g/mol. The molecule has 0 aliphatic carbocycles. The maximum atomic E-state index is 10.6. The summed E-state index contributed by atoms with van der Waals surface area (Å²) in [5, 5.41) is 8.70. The fraction of sp³-hybridized carbons (Fsp3) is 0.214. The molecule has 0 unspecified atom stereocenters. The van der Waals surface area contributed by atoms with Gasteiger partial charge in [-0.05, 0) is 12.1 Å². The molecule has 0 saturated heterocycles. The van der Waals surface area contributed by atoms with Crippen LogP contribution in [0.15, 0.2) is 43.0 Å². The van der Waals surface area contributed by atoms with E-state index in [-0.39, 0.29) is 6.54 Å². The van der Waals surface area contributed by atoms with E-state index in [0.717, 1.165) is 5.56 Å². The standard InChI is InChI=1S/C14H15NO2/c1-2-10-15(12-14(16)17)11-6-9-13-7-4-3-5-8-13/h2-5,7-8H,1,10-12H2,(H,16,17). The molecule has 3 nitrogen and oxygen atoms in total. The zero-order valence-corrected chi connectivity index (χ0v) is 9.60. The van der Waals surface area contributed by atoms with E-state index < -0.39 is 5.97 Å². The molecular formula is C14H15NO2. The first-order chi connectivity index (χ1) is 8.22. The second kappa shape index (κ2) is 7.26. The van der Waals surface area contributed by atoms with E-state index in [1.165, 1.54) is 0 Å². The molecule has 0 heterocycles. The van der Waals surface area contributed by atoms with Crippen LogP contribution in [-0.2, 0) is 4.79 Å². The minimum Gasteiger partial charge on any atom is -0.480 e. The van der Waals surface area contributed by atoms with Gasteiger partial charge < -0.3 is 5.11 Å². The Labute approximate surface area is 101 Å². The minimum atomic E-state index is -0.853. The summed E-state index contributed by atoms with van der Waals surface area (Å²) in [6.07, 6.45) is 1.67. The van der Waals surface area contributed by atoms with Crippen molar-refractivity contribution in [2.75, 3.05) is 19.6 Å². The van der Waals surface area contributed by atoms with Crippen molar-refractivity contribution in [3.05, 3.63) is 48.6 Å². The zero-order valence-electron chi connectivity index (χ0n) is 9.60. The van der Waals surface area contributed by atoms with E-state index >= 15 is 0 Å². The third-order valence-corrected chi connectivity index (χ3v) is 2.06. The van der Waals surface area contributed by atoms with Crippen LogP contribution in [0.5, 0.6) is 0 Å². The second-order valence-corrected chi connectivity index (χ2v) is 3.52. The smallest absolute Gasteiger partial charge is 0.317 e. The molecule has 1 N–H and O–H groups in total. The Kier molecular flexibility index (Phi) is 5.56. The summed E-state index contributed by atoms with van der Waals surface area (Å²) in [7, 11) is 0. The quantitative estimate of drug-likeness (QED) is 0.616. The first kappa shape index (κ1) is 13.0. The maximum absolute atomic E-state index is 10.6. The molecule has 0 spiro atoms. The second-order valence-electron chi connectivity index (χ2n) is 3.52. The van der Waals surface area contributed by atoms with Crippen molar-refractivity contribution in [3.8, 4) is 11.8 Å². The highest BCUT2D eigenvalue weighted by Crippen LogP contribution is 1.95. The largest absolute Gasteiger partial charge is 0.480 e. The third kappa shape index (κ3) is 5.55. The van der Waals surface area contributed by atoms with Crippen molar-refractivity contribution in [1.82, 2.24) is 4.90 Å². The van der Waals surface area contributed by atoms with Gasteiger partial charge in [0.25, 0.3) is 0 Å². The van der Waals surface area contributed by atoms with Gasteiger partial charge in [-0.15, -0.1) is 6.58 Å². The number of hydrogen-bond donors (Lipinski definition) is 1. The molecule has 1 rings (SSSR count). The van der Waals surface area contributed by atoms with Gasteiger partial charge in [0, 0.05) is 12.1 Å². The first-order valence-corrected chi connectivity index (χ1v) is 5.31. The highest BCUT2D eigenvalue weighted by molar-refractivity contribution is 5.69. The van der Waals surface area contributed by atoms with Crippen molar-refractivity contribution < 1.29 is 9.90 Å². The topological polar surface area (TPSA) is 40.5 Å². The first-order valence-electron chi connectivity index (χ1n) is 5.31. The van der Waals surface area contributed by atoms with Crippen LogP contribution >= 0.6 is 0 Å². The van der Waals surface area contributed by atoms with Gasteiger partial charge in [-0.25, -0.2) is 0 Å². The SMILES string of the molecule is C=CCN(CC#Cc1ccccc1)CC(=O)O. The van der Waals surface area contributed by atoms with E-state index in [4.69, 9.17) is 5.11 Å². The van der Waals surface area contributed by atoms with Crippen LogP contribution in [0.25, 0.3) is 0 Å². The molecule has 0 saturated carbocycles. The van der Waals surface area contributed by atoms with Crippen LogP contribution in [0, 0.1) is 11.8 Å². The van der Waals surface area contributed by atoms with Gasteiger partial charge in [-0.2, -0.15) is 0 Å². The van der Waals surface area contributed by atoms with Crippen molar-refractivity contribution in [3.63, 3.8) is 0 Å². The van der Waals surface area contributed by atoms with E-state index in [2.05, 4.69) is 18.4 Å². The fourth-order valence-electron chi connectivity index (χ4n) is 1.33. The normalized spacial score (nSPS) is 9.47. The van der Waals surface area contributed by atoms with Gasteiger partial charge in [-0.3, -0.25) is 9.69 Å². The van der Waals surface area contributed by atoms with Gasteiger partial charge in [0.1, 0.15) is 0 Å². The molecule has 0 aliphatic heterocycles. The zero-order chi connectivity index (χ0) is 12.5. The van der Waals surface area contributed by atoms with Crippen LogP contribution < -0.4 is 0 Å². The highest BCUT2D eigenvalue weighted by atomic mass is 16.4. The molecule has 1 aromatic rings. The van der Waals surface area contributed by atoms with Crippen LogP contribution in [0.2, 0.25) is 0 Å². The van der Waals surface area contributed by atoms with Crippen LogP contribution in [0.3, 0.4) is 0 Å². The Balaban J connectivity index is 2.54. The highest BCUT2D eigenvalue weighted by Gasteiger charge is 2.05. The Morgan fingerprint density at radius 3 is 2.71 bits per heavy atom. The van der Waals surface area contributed by atoms with E-state index in [1.807, 2.05) is 30.3 Å². The van der Waals surface area contributed by atoms with Gasteiger partial charge in [-0.1, -0.05) is 36.1 Å². The average Bonchev–Trinajstić information content (AvgIpc) is 2.30. The van der Waals surface area contributed by atoms with E-state index in [1.54, 1.807) is 11.0 Å². The number of nitrogens with zero attached hydrogens (tertiary/aromatic N) is 1. The predicted octanol–water partition coefficient (Wildman–Crippen LogP) is 1.61. The van der Waals surface area contributed by atoms with Crippen LogP contribution in [0.4, 0.5) is 0 Å². The summed E-state index contributed by atoms with van der Waals surface area (Å²) in [6, 6.07) is 9.61. The molecule has 88 valence electrons. The van der Waals surface area contributed by atoms with Gasteiger partial charge in [0.2, 0.25) is 0 Å². The summed E-state index contributed by atoms with van der Waals surface area (Å²) >= 11 is 0. The van der Waals surface area contributed by atoms with Crippen molar-refractivity contribution in [2.24, 2.45) is 0 Å². The molecule has 3 heteroatoms. The lowest BCUT2D eigenvalue weighted by Crippen LogP contribution is -2.30.